The van der Waals surface area contributed by atoms with Gasteiger partial charge in [-0.2, -0.15) is 0 Å². The van der Waals surface area contributed by atoms with Gasteiger partial charge < -0.3 is 0 Å². The van der Waals surface area contributed by atoms with Gasteiger partial charge in [0, 0.05) is 8.07 Å². The Hall–Kier alpha value is -1.44. The average molecular weight is 858 g/mol. The number of amidine groups is 1. The Morgan fingerprint density at radius 3 is 2.18 bits per heavy atom. The summed E-state index contributed by atoms with van der Waals surface area (Å²) >= 11 is -2.21. The van der Waals surface area contributed by atoms with Gasteiger partial charge in [0.05, 0.1) is 0 Å². The van der Waals surface area contributed by atoms with Crippen molar-refractivity contribution in [3.8, 4) is 0 Å². The number of benzene rings is 1. The van der Waals surface area contributed by atoms with E-state index in [0.717, 1.165) is 69.6 Å². The summed E-state index contributed by atoms with van der Waals surface area (Å²) in [4.78, 5) is 33.6. The first-order valence-corrected chi connectivity index (χ1v) is 30.9. The van der Waals surface area contributed by atoms with Crippen LogP contribution in [0.15, 0.2) is 27.0 Å². The minimum atomic E-state index is -3.37. The third-order valence-corrected chi connectivity index (χ3v) is 27.9. The van der Waals surface area contributed by atoms with E-state index < -0.39 is 66.1 Å². The van der Waals surface area contributed by atoms with Crippen LogP contribution in [-0.4, -0.2) is 79.4 Å². The summed E-state index contributed by atoms with van der Waals surface area (Å²) in [6.07, 6.45) is 7.58. The average Bonchev–Trinajstić information content (AvgIpc) is 3.80. The molecule has 1 heterocycles. The number of rotatable bonds is 18. The molecule has 1 saturated carbocycles. The van der Waals surface area contributed by atoms with Gasteiger partial charge in [-0.1, -0.05) is 19.6 Å². The Bertz CT molecular complexity index is 1410. The van der Waals surface area contributed by atoms with Crippen molar-refractivity contribution in [1.29, 1.82) is 0 Å². The summed E-state index contributed by atoms with van der Waals surface area (Å²) in [6, 6.07) is 5.61. The van der Waals surface area contributed by atoms with E-state index in [4.69, 9.17) is 19.2 Å². The maximum atomic E-state index is 16.8. The number of nitrogens with zero attached hydrogens (tertiary/aromatic N) is 2. The molecule has 0 bridgehead atoms. The molecular formula is C39H64F2N2O5SSiSn. The van der Waals surface area contributed by atoms with Crippen LogP contribution in [0.3, 0.4) is 0 Å². The second kappa shape index (κ2) is 18.3. The molecule has 0 unspecified atom stereocenters. The van der Waals surface area contributed by atoms with E-state index in [1.54, 1.807) is 45.9 Å². The molecule has 3 rings (SSSR count). The second-order valence-electron chi connectivity index (χ2n) is 16.9. The topological polar surface area (TPSA) is 77.4 Å². The number of aliphatic imine (C=N–C) groups is 1. The van der Waals surface area contributed by atoms with Gasteiger partial charge in [-0.25, -0.2) is 0 Å². The van der Waals surface area contributed by atoms with E-state index in [1.807, 2.05) is 0 Å². The minimum absolute atomic E-state index is 0.0487. The van der Waals surface area contributed by atoms with Crippen LogP contribution in [0.25, 0.3) is 6.08 Å². The molecular weight excluding hydrogens is 793 g/mol. The molecule has 1 aromatic carbocycles. The Balaban J connectivity index is 2.16. The number of thioether (sulfide) groups is 1. The summed E-state index contributed by atoms with van der Waals surface area (Å²) in [5, 5.41) is 0.208. The zero-order valence-corrected chi connectivity index (χ0v) is 37.8. The maximum absolute atomic E-state index is 16.8. The second-order valence-corrected chi connectivity index (χ2v) is 36.7. The normalized spacial score (nSPS) is 22.3. The summed E-state index contributed by atoms with van der Waals surface area (Å²) < 4.78 is 51.9. The fourth-order valence-corrected chi connectivity index (χ4v) is 23.6. The molecule has 1 fully saturated rings. The van der Waals surface area contributed by atoms with Crippen LogP contribution in [0, 0.1) is 11.7 Å². The predicted molar refractivity (Wildman–Crippen MR) is 213 cm³/mol. The van der Waals surface area contributed by atoms with Crippen LogP contribution in [0.4, 0.5) is 13.6 Å². The molecule has 7 nitrogen and oxygen atoms in total. The first-order chi connectivity index (χ1) is 23.8. The summed E-state index contributed by atoms with van der Waals surface area (Å²) in [6.45, 7) is 20.7. The van der Waals surface area contributed by atoms with Crippen LogP contribution < -0.4 is 0 Å². The number of halogens is 2. The van der Waals surface area contributed by atoms with Crippen LogP contribution in [-0.2, 0) is 24.5 Å². The van der Waals surface area contributed by atoms with Gasteiger partial charge in [0.25, 0.3) is 0 Å². The quantitative estimate of drug-likeness (QED) is 0.0633. The van der Waals surface area contributed by atoms with Crippen molar-refractivity contribution in [2.24, 2.45) is 10.9 Å². The standard InChI is InChI=1S/C27H37F2N2O5SSi.3C4H9.Sn/c1-25(2,3)36-24(33)31(17-35-13-14-38(6,7)8)23-30-26(4,21-16-27(21,37-23)22(32)34-5)19-15-18(11-12-28)9-10-20(19)29;3*1-3-4-2;/h9-11,15,21H,13-14,16-17H2,1-8H3;3*1,3-4H2,2H3;/t21-,26+,27-;;;;/m0..../s1. The molecule has 1 amide bonds. The van der Waals surface area contributed by atoms with Crippen LogP contribution in [0.1, 0.15) is 105 Å². The van der Waals surface area contributed by atoms with Crippen LogP contribution in [0.2, 0.25) is 39.0 Å². The van der Waals surface area contributed by atoms with Crippen LogP contribution >= 0.6 is 11.8 Å². The van der Waals surface area contributed by atoms with Crippen molar-refractivity contribution >= 4 is 61.5 Å². The third-order valence-electron chi connectivity index (χ3n) is 10.1. The molecule has 1 aliphatic carbocycles. The first-order valence-electron chi connectivity index (χ1n) is 18.9. The van der Waals surface area contributed by atoms with Crippen molar-refractivity contribution in [2.75, 3.05) is 20.4 Å². The number of fused-ring (bicyclic) bond motifs is 1. The van der Waals surface area contributed by atoms with Crippen molar-refractivity contribution in [1.82, 2.24) is 4.90 Å². The zero-order valence-electron chi connectivity index (χ0n) is 33.2. The number of esters is 1. The predicted octanol–water partition coefficient (Wildman–Crippen LogP) is 11.3. The molecule has 2 aliphatic rings. The molecule has 1 aromatic rings. The van der Waals surface area contributed by atoms with Gasteiger partial charge in [0.15, 0.2) is 0 Å². The number of methoxy groups -OCH3 is 1. The fraction of sp³-hybridized carbons (Fsp3) is 0.718. The van der Waals surface area contributed by atoms with E-state index >= 15 is 8.78 Å². The molecule has 3 atom stereocenters. The Morgan fingerprint density at radius 1 is 1.08 bits per heavy atom. The molecule has 0 spiro atoms. The molecule has 0 N–H and O–H groups in total. The van der Waals surface area contributed by atoms with Crippen molar-refractivity contribution in [3.63, 3.8) is 0 Å². The van der Waals surface area contributed by atoms with Crippen molar-refractivity contribution < 1.29 is 32.6 Å². The molecule has 288 valence electrons. The fourth-order valence-electron chi connectivity index (χ4n) is 6.91. The monoisotopic (exact) mass is 858 g/mol. The first kappa shape index (κ1) is 44.0. The number of carbonyl (C=O) groups excluding carboxylic acids is 2. The van der Waals surface area contributed by atoms with Crippen molar-refractivity contribution in [3.05, 3.63) is 39.0 Å². The zero-order chi connectivity index (χ0) is 38.3. The Kier molecular flexibility index (Phi) is 15.7. The van der Waals surface area contributed by atoms with Gasteiger partial charge in [-0.3, -0.25) is 0 Å². The number of hydrogen-bond donors (Lipinski definition) is 0. The summed E-state index contributed by atoms with van der Waals surface area (Å²) in [5.41, 5.74) is -1.21. The Morgan fingerprint density at radius 2 is 1.67 bits per heavy atom. The van der Waals surface area contributed by atoms with E-state index in [9.17, 15) is 9.59 Å². The van der Waals surface area contributed by atoms with E-state index in [2.05, 4.69) is 40.4 Å². The summed E-state index contributed by atoms with van der Waals surface area (Å²) in [5.74, 6) is -1.36. The van der Waals surface area contributed by atoms with E-state index in [0.29, 0.717) is 18.6 Å². The molecule has 0 saturated heterocycles. The van der Waals surface area contributed by atoms with Gasteiger partial charge in [-0.05, 0) is 26.8 Å². The summed E-state index contributed by atoms with van der Waals surface area (Å²) in [7, 11) is -0.0827. The van der Waals surface area contributed by atoms with Gasteiger partial charge in [-0.15, -0.1) is 0 Å². The number of amides is 1. The third kappa shape index (κ3) is 11.3. The van der Waals surface area contributed by atoms with Gasteiger partial charge in [0.1, 0.15) is 0 Å². The molecule has 1 aliphatic heterocycles. The van der Waals surface area contributed by atoms with Gasteiger partial charge >= 0.3 is 263 Å². The number of ether oxygens (including phenoxy) is 3. The molecule has 51 heavy (non-hydrogen) atoms. The van der Waals surface area contributed by atoms with Gasteiger partial charge in [0.2, 0.25) is 0 Å². The number of hydrogen-bond acceptors (Lipinski definition) is 7. The number of unbranched alkanes of at least 4 members (excludes halogenated alkanes) is 3. The molecule has 0 radical (unpaired) electrons. The van der Waals surface area contributed by atoms with Crippen molar-refractivity contribution in [2.45, 2.75) is 148 Å². The molecule has 12 heteroatoms. The SMILES string of the molecule is CCC[CH2][Sn]([CH2]CCC)([CH2]CCC)/[C](F)=C/c1ccc(F)c([C@@]2(C)N=C(N(COCC[Si](C)(C)C)C(=O)OC(C)(C)C)S[C@@]3(C(=O)OC)C[C@H]32)c1. The van der Waals surface area contributed by atoms with E-state index in [1.165, 1.54) is 18.1 Å². The number of carbonyl (C=O) groups is 2. The molecule has 0 aromatic heterocycles. The van der Waals surface area contributed by atoms with E-state index in [-0.39, 0.29) is 21.3 Å². The Labute approximate surface area is 316 Å². The van der Waals surface area contributed by atoms with Crippen LogP contribution in [0.5, 0.6) is 0 Å².